The van der Waals surface area contributed by atoms with Crippen LogP contribution in [-0.2, 0) is 4.79 Å². The lowest BCUT2D eigenvalue weighted by Crippen LogP contribution is -2.57. The van der Waals surface area contributed by atoms with Gasteiger partial charge in [0, 0.05) is 31.9 Å². The molecule has 0 aliphatic carbocycles. The molecule has 1 aliphatic heterocycles. The quantitative estimate of drug-likeness (QED) is 0.781. The van der Waals surface area contributed by atoms with E-state index in [0.717, 1.165) is 5.69 Å². The number of hydrogen-bond donors (Lipinski definition) is 2. The van der Waals surface area contributed by atoms with Gasteiger partial charge >= 0.3 is 6.03 Å². The summed E-state index contributed by atoms with van der Waals surface area (Å²) in [5.41, 5.74) is 1.68. The molecule has 0 bridgehead atoms. The normalized spacial score (nSPS) is 15.2. The van der Waals surface area contributed by atoms with Gasteiger partial charge < -0.3 is 20.4 Å². The van der Waals surface area contributed by atoms with Crippen molar-refractivity contribution < 1.29 is 9.59 Å². The topological polar surface area (TPSA) is 64.7 Å². The number of anilines is 2. The molecule has 2 N–H and O–H groups in total. The highest BCUT2D eigenvalue weighted by molar-refractivity contribution is 6.33. The second-order valence-electron chi connectivity index (χ2n) is 7.45. The van der Waals surface area contributed by atoms with Gasteiger partial charge in [0.15, 0.2) is 0 Å². The zero-order valence-electron chi connectivity index (χ0n) is 16.8. The molecule has 1 unspecified atom stereocenters. The maximum absolute atomic E-state index is 13.1. The van der Waals surface area contributed by atoms with Crippen LogP contribution in [-0.4, -0.2) is 49.1 Å². The van der Waals surface area contributed by atoms with E-state index < -0.39 is 6.04 Å². The molecule has 1 aliphatic rings. The number of carbonyl (C=O) groups is 2. The van der Waals surface area contributed by atoms with Gasteiger partial charge in [0.2, 0.25) is 5.91 Å². The van der Waals surface area contributed by atoms with Crippen LogP contribution in [0.2, 0.25) is 5.02 Å². The number of rotatable bonds is 5. The number of nitrogens with one attached hydrogen (secondary N) is 2. The molecule has 1 fully saturated rings. The number of urea groups is 1. The monoisotopic (exact) mass is 414 g/mol. The first kappa shape index (κ1) is 21.0. The molecule has 1 saturated heterocycles. The van der Waals surface area contributed by atoms with E-state index in [2.05, 4.69) is 15.5 Å². The maximum Gasteiger partial charge on any atom is 0.319 e. The third-order valence-electron chi connectivity index (χ3n) is 5.04. The maximum atomic E-state index is 13.1. The van der Waals surface area contributed by atoms with Gasteiger partial charge in [-0.2, -0.15) is 0 Å². The molecule has 7 heteroatoms. The predicted octanol–water partition coefficient (Wildman–Crippen LogP) is 3.83. The third-order valence-corrected chi connectivity index (χ3v) is 5.36. The summed E-state index contributed by atoms with van der Waals surface area (Å²) < 4.78 is 0. The minimum Gasteiger partial charge on any atom is -0.367 e. The Morgan fingerprint density at radius 3 is 2.17 bits per heavy atom. The van der Waals surface area contributed by atoms with Crippen molar-refractivity contribution in [2.24, 2.45) is 5.92 Å². The van der Waals surface area contributed by atoms with E-state index in [-0.39, 0.29) is 17.9 Å². The fourth-order valence-electron chi connectivity index (χ4n) is 3.42. The molecule has 29 heavy (non-hydrogen) atoms. The first-order valence-electron chi connectivity index (χ1n) is 9.86. The largest absolute Gasteiger partial charge is 0.367 e. The molecule has 2 aromatic carbocycles. The van der Waals surface area contributed by atoms with Crippen molar-refractivity contribution in [3.63, 3.8) is 0 Å². The number of benzene rings is 2. The number of hydrogen-bond acceptors (Lipinski definition) is 3. The SMILES string of the molecule is CC(C)C(NC(=O)Nc1ccccc1)C(=O)N1CCN(c2ccccc2Cl)CC1. The molecule has 2 aromatic rings. The molecular weight excluding hydrogens is 388 g/mol. The van der Waals surface area contributed by atoms with Crippen molar-refractivity contribution in [3.05, 3.63) is 59.6 Å². The molecule has 154 valence electrons. The minimum atomic E-state index is -0.578. The summed E-state index contributed by atoms with van der Waals surface area (Å²) >= 11 is 6.30. The van der Waals surface area contributed by atoms with Crippen molar-refractivity contribution >= 4 is 34.9 Å². The van der Waals surface area contributed by atoms with Crippen LogP contribution in [0.4, 0.5) is 16.2 Å². The van der Waals surface area contributed by atoms with E-state index in [9.17, 15) is 9.59 Å². The number of halogens is 1. The highest BCUT2D eigenvalue weighted by Gasteiger charge is 2.31. The number of amides is 3. The van der Waals surface area contributed by atoms with Gasteiger partial charge in [-0.15, -0.1) is 0 Å². The summed E-state index contributed by atoms with van der Waals surface area (Å²) in [6.07, 6.45) is 0. The zero-order chi connectivity index (χ0) is 20.8. The average Bonchev–Trinajstić information content (AvgIpc) is 2.72. The fourth-order valence-corrected chi connectivity index (χ4v) is 3.67. The molecule has 3 amide bonds. The lowest BCUT2D eigenvalue weighted by atomic mass is 10.0. The van der Waals surface area contributed by atoms with Crippen molar-refractivity contribution in [1.82, 2.24) is 10.2 Å². The lowest BCUT2D eigenvalue weighted by Gasteiger charge is -2.38. The molecule has 0 saturated carbocycles. The molecule has 1 atom stereocenters. The number of piperazine rings is 1. The van der Waals surface area contributed by atoms with Crippen LogP contribution in [0, 0.1) is 5.92 Å². The van der Waals surface area contributed by atoms with Gasteiger partial charge in [-0.1, -0.05) is 55.8 Å². The molecule has 0 radical (unpaired) electrons. The van der Waals surface area contributed by atoms with Gasteiger partial charge in [-0.3, -0.25) is 4.79 Å². The zero-order valence-corrected chi connectivity index (χ0v) is 17.5. The standard InChI is InChI=1S/C22H27ClN4O2/c1-16(2)20(25-22(29)24-17-8-4-3-5-9-17)21(28)27-14-12-26(13-15-27)19-11-7-6-10-18(19)23/h3-11,16,20H,12-15H2,1-2H3,(H2,24,25,29). The molecule has 3 rings (SSSR count). The smallest absolute Gasteiger partial charge is 0.319 e. The third kappa shape index (κ3) is 5.41. The molecule has 6 nitrogen and oxygen atoms in total. The first-order chi connectivity index (χ1) is 14.0. The first-order valence-corrected chi connectivity index (χ1v) is 10.2. The Hall–Kier alpha value is -2.73. The minimum absolute atomic E-state index is 0.0226. The Labute approximate surface area is 176 Å². The van der Waals surface area contributed by atoms with E-state index in [4.69, 9.17) is 11.6 Å². The molecule has 1 heterocycles. The van der Waals surface area contributed by atoms with E-state index in [1.165, 1.54) is 0 Å². The number of para-hydroxylation sites is 2. The lowest BCUT2D eigenvalue weighted by molar-refractivity contribution is -0.134. The van der Waals surface area contributed by atoms with E-state index in [0.29, 0.717) is 36.9 Å². The highest BCUT2D eigenvalue weighted by Crippen LogP contribution is 2.26. The Kier molecular flexibility index (Phi) is 6.99. The number of carbonyl (C=O) groups excluding carboxylic acids is 2. The van der Waals surface area contributed by atoms with Crippen molar-refractivity contribution in [2.75, 3.05) is 36.4 Å². The summed E-state index contributed by atoms with van der Waals surface area (Å²) in [5, 5.41) is 6.33. The van der Waals surface area contributed by atoms with Crippen LogP contribution in [0.5, 0.6) is 0 Å². The van der Waals surface area contributed by atoms with E-state index in [1.54, 1.807) is 12.1 Å². The fraction of sp³-hybridized carbons (Fsp3) is 0.364. The average molecular weight is 415 g/mol. The molecule has 0 spiro atoms. The summed E-state index contributed by atoms with van der Waals surface area (Å²) in [5.74, 6) is -0.0763. The van der Waals surface area contributed by atoms with Crippen molar-refractivity contribution in [2.45, 2.75) is 19.9 Å². The van der Waals surface area contributed by atoms with Crippen LogP contribution in [0.3, 0.4) is 0 Å². The van der Waals surface area contributed by atoms with Crippen LogP contribution >= 0.6 is 11.6 Å². The second kappa shape index (κ2) is 9.65. The predicted molar refractivity (Wildman–Crippen MR) is 117 cm³/mol. The Morgan fingerprint density at radius 1 is 0.931 bits per heavy atom. The highest BCUT2D eigenvalue weighted by atomic mass is 35.5. The summed E-state index contributed by atoms with van der Waals surface area (Å²) in [4.78, 5) is 29.5. The van der Waals surface area contributed by atoms with E-state index in [1.807, 2.05) is 61.2 Å². The summed E-state index contributed by atoms with van der Waals surface area (Å²) in [6.45, 7) is 6.47. The second-order valence-corrected chi connectivity index (χ2v) is 7.86. The Bertz CT molecular complexity index is 836. The van der Waals surface area contributed by atoms with Crippen LogP contribution in [0.15, 0.2) is 54.6 Å². The van der Waals surface area contributed by atoms with Crippen molar-refractivity contribution in [1.29, 1.82) is 0 Å². The molecule has 0 aromatic heterocycles. The summed E-state index contributed by atoms with van der Waals surface area (Å²) in [7, 11) is 0. The van der Waals surface area contributed by atoms with Gasteiger partial charge in [0.1, 0.15) is 6.04 Å². The van der Waals surface area contributed by atoms with Crippen LogP contribution < -0.4 is 15.5 Å². The molecular formula is C22H27ClN4O2. The van der Waals surface area contributed by atoms with Gasteiger partial charge in [0.25, 0.3) is 0 Å². The van der Waals surface area contributed by atoms with Crippen LogP contribution in [0.25, 0.3) is 0 Å². The van der Waals surface area contributed by atoms with E-state index >= 15 is 0 Å². The Balaban J connectivity index is 1.58. The van der Waals surface area contributed by atoms with Gasteiger partial charge in [-0.25, -0.2) is 4.79 Å². The van der Waals surface area contributed by atoms with Gasteiger partial charge in [-0.05, 0) is 30.2 Å². The van der Waals surface area contributed by atoms with Crippen molar-refractivity contribution in [3.8, 4) is 0 Å². The van der Waals surface area contributed by atoms with Gasteiger partial charge in [0.05, 0.1) is 10.7 Å². The van der Waals surface area contributed by atoms with Crippen LogP contribution in [0.1, 0.15) is 13.8 Å². The Morgan fingerprint density at radius 2 is 1.55 bits per heavy atom. The summed E-state index contributed by atoms with van der Waals surface area (Å²) in [6, 6.07) is 16.0. The number of nitrogens with zero attached hydrogens (tertiary/aromatic N) is 2.